The average Bonchev–Trinajstić information content (AvgIpc) is 2.37. The van der Waals surface area contributed by atoms with Crippen molar-refractivity contribution < 1.29 is 4.74 Å². The van der Waals surface area contributed by atoms with Crippen LogP contribution in [-0.4, -0.2) is 7.11 Å². The first-order valence-electron chi connectivity index (χ1n) is 6.05. The minimum absolute atomic E-state index is 0.0922. The van der Waals surface area contributed by atoms with E-state index < -0.39 is 0 Å². The summed E-state index contributed by atoms with van der Waals surface area (Å²) in [5.74, 6) is 0.802. The molecule has 0 bridgehead atoms. The van der Waals surface area contributed by atoms with Gasteiger partial charge < -0.3 is 10.1 Å². The van der Waals surface area contributed by atoms with Crippen LogP contribution in [0.2, 0.25) is 5.02 Å². The second-order valence-corrected chi connectivity index (χ2v) is 6.65. The molecule has 0 saturated carbocycles. The molecule has 0 aromatic heterocycles. The van der Waals surface area contributed by atoms with E-state index in [0.29, 0.717) is 0 Å². The predicted octanol–water partition coefficient (Wildman–Crippen LogP) is 6.05. The van der Waals surface area contributed by atoms with Crippen molar-refractivity contribution in [1.82, 2.24) is 0 Å². The third-order valence-electron chi connectivity index (χ3n) is 2.92. The van der Waals surface area contributed by atoms with Crippen LogP contribution in [-0.2, 0) is 0 Å². The quantitative estimate of drug-likeness (QED) is 0.652. The number of halogens is 3. The molecule has 1 unspecified atom stereocenters. The van der Waals surface area contributed by atoms with Gasteiger partial charge in [-0.25, -0.2) is 0 Å². The van der Waals surface area contributed by atoms with Crippen LogP contribution < -0.4 is 10.1 Å². The summed E-state index contributed by atoms with van der Waals surface area (Å²) in [6.45, 7) is 2.07. The summed E-state index contributed by atoms with van der Waals surface area (Å²) in [4.78, 5) is 0. The summed E-state index contributed by atoms with van der Waals surface area (Å²) in [5, 5.41) is 4.16. The molecular formula is C15H14Br2ClNO. The average molecular weight is 420 g/mol. The number of benzene rings is 2. The molecule has 0 amide bonds. The number of hydrogen-bond donors (Lipinski definition) is 1. The molecule has 0 aliphatic rings. The molecule has 0 spiro atoms. The first kappa shape index (κ1) is 15.7. The van der Waals surface area contributed by atoms with Gasteiger partial charge in [-0.15, -0.1) is 0 Å². The molecule has 106 valence electrons. The highest BCUT2D eigenvalue weighted by Gasteiger charge is 2.10. The Labute approximate surface area is 140 Å². The van der Waals surface area contributed by atoms with Gasteiger partial charge in [-0.3, -0.25) is 0 Å². The van der Waals surface area contributed by atoms with E-state index in [1.54, 1.807) is 7.11 Å². The van der Waals surface area contributed by atoms with Crippen molar-refractivity contribution in [2.45, 2.75) is 13.0 Å². The van der Waals surface area contributed by atoms with Crippen molar-refractivity contribution in [3.63, 3.8) is 0 Å². The van der Waals surface area contributed by atoms with Crippen LogP contribution in [0, 0.1) is 0 Å². The molecule has 0 saturated heterocycles. The summed E-state index contributed by atoms with van der Waals surface area (Å²) in [7, 11) is 1.65. The third-order valence-corrected chi connectivity index (χ3v) is 4.20. The van der Waals surface area contributed by atoms with Crippen LogP contribution in [0.1, 0.15) is 18.5 Å². The lowest BCUT2D eigenvalue weighted by atomic mass is 10.1. The zero-order valence-corrected chi connectivity index (χ0v) is 15.0. The molecule has 0 heterocycles. The minimum atomic E-state index is 0.0922. The summed E-state index contributed by atoms with van der Waals surface area (Å²) in [6.07, 6.45) is 0. The number of hydrogen-bond acceptors (Lipinski definition) is 2. The summed E-state index contributed by atoms with van der Waals surface area (Å²) >= 11 is 13.2. The number of methoxy groups -OCH3 is 1. The monoisotopic (exact) mass is 417 g/mol. The normalized spacial score (nSPS) is 12.1. The molecule has 0 aliphatic carbocycles. The van der Waals surface area contributed by atoms with Crippen molar-refractivity contribution in [2.24, 2.45) is 0 Å². The number of rotatable bonds is 4. The molecule has 1 N–H and O–H groups in total. The second kappa shape index (κ2) is 6.83. The summed E-state index contributed by atoms with van der Waals surface area (Å²) < 4.78 is 7.20. The van der Waals surface area contributed by atoms with Gasteiger partial charge in [0.05, 0.1) is 7.11 Å². The Morgan fingerprint density at radius 1 is 1.10 bits per heavy atom. The van der Waals surface area contributed by atoms with E-state index in [9.17, 15) is 0 Å². The molecule has 2 aromatic rings. The van der Waals surface area contributed by atoms with Crippen LogP contribution in [0.3, 0.4) is 0 Å². The minimum Gasteiger partial charge on any atom is -0.497 e. The highest BCUT2D eigenvalue weighted by atomic mass is 79.9. The predicted molar refractivity (Wildman–Crippen MR) is 91.9 cm³/mol. The van der Waals surface area contributed by atoms with Gasteiger partial charge >= 0.3 is 0 Å². The van der Waals surface area contributed by atoms with Crippen LogP contribution in [0.15, 0.2) is 45.3 Å². The Bertz CT molecular complexity index is 619. The van der Waals surface area contributed by atoms with Gasteiger partial charge in [-0.2, -0.15) is 0 Å². The molecule has 0 fully saturated rings. The Hall–Kier alpha value is -0.710. The maximum atomic E-state index is 6.28. The van der Waals surface area contributed by atoms with Crippen molar-refractivity contribution in [3.8, 4) is 5.75 Å². The standard InChI is InChI=1S/C15H14Br2ClNO/c1-9(14-4-3-10(16)7-15(14)18)19-12-5-11(17)6-13(8-12)20-2/h3-9,19H,1-2H3. The fourth-order valence-corrected chi connectivity index (χ4v) is 3.25. The molecule has 2 rings (SSSR count). The first-order valence-corrected chi connectivity index (χ1v) is 8.02. The Kier molecular flexibility index (Phi) is 5.35. The van der Waals surface area contributed by atoms with Crippen LogP contribution in [0.5, 0.6) is 5.75 Å². The van der Waals surface area contributed by atoms with E-state index in [-0.39, 0.29) is 6.04 Å². The van der Waals surface area contributed by atoms with Gasteiger partial charge in [0, 0.05) is 31.8 Å². The van der Waals surface area contributed by atoms with Gasteiger partial charge in [-0.1, -0.05) is 49.5 Å². The Morgan fingerprint density at radius 3 is 2.50 bits per heavy atom. The number of nitrogens with one attached hydrogen (secondary N) is 1. The zero-order valence-electron chi connectivity index (χ0n) is 11.1. The van der Waals surface area contributed by atoms with E-state index in [4.69, 9.17) is 16.3 Å². The van der Waals surface area contributed by atoms with Crippen molar-refractivity contribution in [3.05, 3.63) is 55.9 Å². The fourth-order valence-electron chi connectivity index (χ4n) is 1.94. The molecule has 5 heteroatoms. The van der Waals surface area contributed by atoms with E-state index in [0.717, 1.165) is 31.0 Å². The van der Waals surface area contributed by atoms with Gasteiger partial charge in [0.1, 0.15) is 5.75 Å². The number of anilines is 1. The smallest absolute Gasteiger partial charge is 0.122 e. The summed E-state index contributed by atoms with van der Waals surface area (Å²) in [5.41, 5.74) is 2.02. The van der Waals surface area contributed by atoms with E-state index >= 15 is 0 Å². The molecule has 0 radical (unpaired) electrons. The molecule has 1 atom stereocenters. The molecule has 2 aromatic carbocycles. The lowest BCUT2D eigenvalue weighted by molar-refractivity contribution is 0.414. The van der Waals surface area contributed by atoms with Crippen LogP contribution >= 0.6 is 43.5 Å². The van der Waals surface area contributed by atoms with Crippen LogP contribution in [0.4, 0.5) is 5.69 Å². The molecular weight excluding hydrogens is 405 g/mol. The van der Waals surface area contributed by atoms with Crippen LogP contribution in [0.25, 0.3) is 0 Å². The van der Waals surface area contributed by atoms with Crippen molar-refractivity contribution >= 4 is 49.1 Å². The Balaban J connectivity index is 2.22. The lowest BCUT2D eigenvalue weighted by Crippen LogP contribution is -2.07. The first-order chi connectivity index (χ1) is 9.49. The number of ether oxygens (including phenoxy) is 1. The largest absolute Gasteiger partial charge is 0.497 e. The third kappa shape index (κ3) is 3.90. The van der Waals surface area contributed by atoms with E-state index in [1.165, 1.54) is 0 Å². The van der Waals surface area contributed by atoms with Gasteiger partial charge in [0.2, 0.25) is 0 Å². The highest BCUT2D eigenvalue weighted by Crippen LogP contribution is 2.31. The van der Waals surface area contributed by atoms with Crippen molar-refractivity contribution in [2.75, 3.05) is 12.4 Å². The van der Waals surface area contributed by atoms with Crippen molar-refractivity contribution in [1.29, 1.82) is 0 Å². The molecule has 20 heavy (non-hydrogen) atoms. The lowest BCUT2D eigenvalue weighted by Gasteiger charge is -2.18. The topological polar surface area (TPSA) is 21.3 Å². The highest BCUT2D eigenvalue weighted by molar-refractivity contribution is 9.10. The van der Waals surface area contributed by atoms with E-state index in [1.807, 2.05) is 36.4 Å². The molecule has 2 nitrogen and oxygen atoms in total. The fraction of sp³-hybridized carbons (Fsp3) is 0.200. The Morgan fingerprint density at radius 2 is 1.85 bits per heavy atom. The zero-order chi connectivity index (χ0) is 14.7. The van der Waals surface area contributed by atoms with E-state index in [2.05, 4.69) is 44.1 Å². The SMILES string of the molecule is COc1cc(Br)cc(NC(C)c2ccc(Br)cc2Cl)c1. The second-order valence-electron chi connectivity index (χ2n) is 4.41. The van der Waals surface area contributed by atoms with Gasteiger partial charge in [-0.05, 0) is 36.8 Å². The maximum Gasteiger partial charge on any atom is 0.122 e. The van der Waals surface area contributed by atoms with Gasteiger partial charge in [0.15, 0.2) is 0 Å². The summed E-state index contributed by atoms with van der Waals surface area (Å²) in [6, 6.07) is 11.9. The molecule has 0 aliphatic heterocycles. The van der Waals surface area contributed by atoms with Gasteiger partial charge in [0.25, 0.3) is 0 Å². The maximum absolute atomic E-state index is 6.28.